The molecule has 1 amide bonds. The monoisotopic (exact) mass is 309 g/mol. The van der Waals surface area contributed by atoms with Gasteiger partial charge in [-0.15, -0.1) is 0 Å². The van der Waals surface area contributed by atoms with E-state index in [1.165, 1.54) is 0 Å². The number of aliphatic hydroxyl groups excluding tert-OH is 1. The third-order valence-electron chi connectivity index (χ3n) is 2.77. The van der Waals surface area contributed by atoms with Crippen molar-refractivity contribution in [2.45, 2.75) is 13.3 Å². The molecule has 0 unspecified atom stereocenters. The molecule has 6 heteroatoms. The molecule has 1 aromatic rings. The van der Waals surface area contributed by atoms with Gasteiger partial charge < -0.3 is 10.4 Å². The molecule has 1 aromatic carbocycles. The number of benzene rings is 1. The Balaban J connectivity index is 2.73. The quantitative estimate of drug-likeness (QED) is 0.753. The fourth-order valence-electron chi connectivity index (χ4n) is 1.56. The van der Waals surface area contributed by atoms with E-state index in [0.717, 1.165) is 0 Å². The Kier molecular flexibility index (Phi) is 6.92. The second kappa shape index (κ2) is 8.45. The molecule has 0 spiro atoms. The summed E-state index contributed by atoms with van der Waals surface area (Å²) in [5.74, 6) is 5.22. The van der Waals surface area contributed by atoms with Crippen LogP contribution in [0.1, 0.15) is 29.3 Å². The Morgan fingerprint density at radius 1 is 1.33 bits per heavy atom. The molecule has 0 aliphatic rings. The summed E-state index contributed by atoms with van der Waals surface area (Å²) < 4.78 is 22.7. The first-order valence-corrected chi connectivity index (χ1v) is 8.49. The fourth-order valence-corrected chi connectivity index (χ4v) is 2.27. The largest absolute Gasteiger partial charge is 0.395 e. The predicted octanol–water partition coefficient (Wildman–Crippen LogP) is 0.585. The van der Waals surface area contributed by atoms with Crippen LogP contribution in [0.3, 0.4) is 0 Å². The van der Waals surface area contributed by atoms with Crippen LogP contribution in [0, 0.1) is 11.8 Å². The van der Waals surface area contributed by atoms with Crippen molar-refractivity contribution < 1.29 is 18.3 Å². The minimum absolute atomic E-state index is 0.0315. The van der Waals surface area contributed by atoms with Gasteiger partial charge in [-0.1, -0.05) is 30.9 Å². The number of hydrogen-bond acceptors (Lipinski definition) is 4. The second-order valence-electron chi connectivity index (χ2n) is 4.31. The van der Waals surface area contributed by atoms with Crippen molar-refractivity contribution in [3.8, 4) is 11.8 Å². The minimum atomic E-state index is -3.10. The summed E-state index contributed by atoms with van der Waals surface area (Å²) in [6.07, 6.45) is 0.338. The predicted molar refractivity (Wildman–Crippen MR) is 81.7 cm³/mol. The highest BCUT2D eigenvalue weighted by Crippen LogP contribution is 2.07. The minimum Gasteiger partial charge on any atom is -0.395 e. The van der Waals surface area contributed by atoms with Crippen LogP contribution in [-0.2, 0) is 9.84 Å². The lowest BCUT2D eigenvalue weighted by atomic mass is 10.1. The summed E-state index contributed by atoms with van der Waals surface area (Å²) in [4.78, 5) is 12.0. The standard InChI is InChI=1S/C15H19NO4S/c1-2-21(19,20)12-10-16-15(18)14-9-4-3-7-13(14)8-5-6-11-17/h3-4,7,9,17H,2,6,10-12H2,1H3,(H,16,18). The molecule has 0 aromatic heterocycles. The summed E-state index contributed by atoms with van der Waals surface area (Å²) in [5, 5.41) is 11.3. The molecule has 0 aliphatic heterocycles. The van der Waals surface area contributed by atoms with Gasteiger partial charge in [0.1, 0.15) is 0 Å². The highest BCUT2D eigenvalue weighted by Gasteiger charge is 2.11. The highest BCUT2D eigenvalue weighted by molar-refractivity contribution is 7.91. The molecule has 0 heterocycles. The summed E-state index contributed by atoms with van der Waals surface area (Å²) in [5.41, 5.74) is 0.957. The summed E-state index contributed by atoms with van der Waals surface area (Å²) in [7, 11) is -3.10. The lowest BCUT2D eigenvalue weighted by Gasteiger charge is -2.07. The van der Waals surface area contributed by atoms with Crippen LogP contribution in [0.15, 0.2) is 24.3 Å². The van der Waals surface area contributed by atoms with Gasteiger partial charge in [-0.3, -0.25) is 4.79 Å². The van der Waals surface area contributed by atoms with Crippen molar-refractivity contribution in [3.63, 3.8) is 0 Å². The van der Waals surface area contributed by atoms with Crippen LogP contribution in [0.4, 0.5) is 0 Å². The van der Waals surface area contributed by atoms with Crippen LogP contribution < -0.4 is 5.32 Å². The van der Waals surface area contributed by atoms with E-state index in [9.17, 15) is 13.2 Å². The molecule has 0 atom stereocenters. The van der Waals surface area contributed by atoms with E-state index in [4.69, 9.17) is 5.11 Å². The first kappa shape index (κ1) is 17.2. The van der Waals surface area contributed by atoms with Gasteiger partial charge in [0, 0.05) is 24.3 Å². The van der Waals surface area contributed by atoms with Crippen LogP contribution in [0.25, 0.3) is 0 Å². The molecule has 5 nitrogen and oxygen atoms in total. The highest BCUT2D eigenvalue weighted by atomic mass is 32.2. The lowest BCUT2D eigenvalue weighted by Crippen LogP contribution is -2.30. The number of amides is 1. The van der Waals surface area contributed by atoms with Crippen molar-refractivity contribution in [1.82, 2.24) is 5.32 Å². The van der Waals surface area contributed by atoms with Crippen molar-refractivity contribution in [3.05, 3.63) is 35.4 Å². The summed E-state index contributed by atoms with van der Waals surface area (Å²) in [6, 6.07) is 6.82. The molecule has 0 fully saturated rings. The van der Waals surface area contributed by atoms with Gasteiger partial charge in [-0.05, 0) is 12.1 Å². The number of rotatable bonds is 6. The molecule has 0 bridgehead atoms. The Bertz CT molecular complexity index is 641. The third-order valence-corrected chi connectivity index (χ3v) is 4.48. The van der Waals surface area contributed by atoms with E-state index < -0.39 is 9.84 Å². The zero-order chi connectivity index (χ0) is 15.7. The van der Waals surface area contributed by atoms with E-state index in [-0.39, 0.29) is 30.6 Å². The van der Waals surface area contributed by atoms with Gasteiger partial charge in [-0.2, -0.15) is 0 Å². The number of carbonyl (C=O) groups is 1. The molecular formula is C15H19NO4S. The maximum absolute atomic E-state index is 12.0. The molecule has 114 valence electrons. The first-order valence-electron chi connectivity index (χ1n) is 6.67. The van der Waals surface area contributed by atoms with Crippen LogP contribution in [0.2, 0.25) is 0 Å². The average molecular weight is 309 g/mol. The normalized spacial score (nSPS) is 10.6. The first-order chi connectivity index (χ1) is 10.00. The number of aliphatic hydroxyl groups is 1. The maximum Gasteiger partial charge on any atom is 0.252 e. The molecule has 0 aliphatic carbocycles. The number of hydrogen-bond donors (Lipinski definition) is 2. The number of carbonyl (C=O) groups excluding carboxylic acids is 1. The van der Waals surface area contributed by atoms with Gasteiger partial charge in [0.15, 0.2) is 9.84 Å². The van der Waals surface area contributed by atoms with Crippen molar-refractivity contribution in [2.24, 2.45) is 0 Å². The second-order valence-corrected chi connectivity index (χ2v) is 6.79. The van der Waals surface area contributed by atoms with Crippen molar-refractivity contribution in [2.75, 3.05) is 24.7 Å². The lowest BCUT2D eigenvalue weighted by molar-refractivity contribution is 0.0956. The molecular weight excluding hydrogens is 290 g/mol. The van der Waals surface area contributed by atoms with E-state index in [1.807, 2.05) is 0 Å². The van der Waals surface area contributed by atoms with Crippen molar-refractivity contribution in [1.29, 1.82) is 0 Å². The smallest absolute Gasteiger partial charge is 0.252 e. The Morgan fingerprint density at radius 3 is 2.71 bits per heavy atom. The molecule has 2 N–H and O–H groups in total. The van der Waals surface area contributed by atoms with E-state index in [2.05, 4.69) is 17.2 Å². The van der Waals surface area contributed by atoms with Crippen LogP contribution in [-0.4, -0.2) is 44.1 Å². The third kappa shape index (κ3) is 5.98. The van der Waals surface area contributed by atoms with E-state index in [0.29, 0.717) is 17.5 Å². The summed E-state index contributed by atoms with van der Waals surface area (Å²) >= 11 is 0. The molecule has 1 rings (SSSR count). The molecule has 0 saturated carbocycles. The molecule has 0 saturated heterocycles. The van der Waals surface area contributed by atoms with E-state index >= 15 is 0 Å². The molecule has 21 heavy (non-hydrogen) atoms. The van der Waals surface area contributed by atoms with E-state index in [1.54, 1.807) is 31.2 Å². The number of sulfone groups is 1. The molecule has 0 radical (unpaired) electrons. The average Bonchev–Trinajstić information content (AvgIpc) is 2.48. The Morgan fingerprint density at radius 2 is 2.05 bits per heavy atom. The Labute approximate surface area is 125 Å². The SMILES string of the molecule is CCS(=O)(=O)CCNC(=O)c1ccccc1C#CCCO. The van der Waals surface area contributed by atoms with Crippen molar-refractivity contribution >= 4 is 15.7 Å². The number of nitrogens with one attached hydrogen (secondary N) is 1. The summed E-state index contributed by atoms with van der Waals surface area (Å²) in [6.45, 7) is 1.62. The van der Waals surface area contributed by atoms with Gasteiger partial charge in [-0.25, -0.2) is 8.42 Å². The zero-order valence-corrected chi connectivity index (χ0v) is 12.7. The van der Waals surface area contributed by atoms with Gasteiger partial charge >= 0.3 is 0 Å². The maximum atomic E-state index is 12.0. The van der Waals surface area contributed by atoms with Gasteiger partial charge in [0.2, 0.25) is 0 Å². The van der Waals surface area contributed by atoms with Gasteiger partial charge in [0.05, 0.1) is 17.9 Å². The Hall–Kier alpha value is -1.84. The van der Waals surface area contributed by atoms with Crippen LogP contribution in [0.5, 0.6) is 0 Å². The zero-order valence-electron chi connectivity index (χ0n) is 11.9. The fraction of sp³-hybridized carbons (Fsp3) is 0.400. The van der Waals surface area contributed by atoms with Crippen LogP contribution >= 0.6 is 0 Å². The topological polar surface area (TPSA) is 83.5 Å². The van der Waals surface area contributed by atoms with Gasteiger partial charge in [0.25, 0.3) is 5.91 Å².